The summed E-state index contributed by atoms with van der Waals surface area (Å²) in [4.78, 5) is 2.42. The predicted molar refractivity (Wildman–Crippen MR) is 78.9 cm³/mol. The number of rotatable bonds is 5. The SMILES string of the molecule is COc1cc(OC)c(CN2CCCNCC2)c(OC)c1. The fraction of sp³-hybridized carbons (Fsp3) is 0.600. The molecule has 5 heteroatoms. The van der Waals surface area contributed by atoms with Gasteiger partial charge in [0.05, 0.1) is 26.9 Å². The summed E-state index contributed by atoms with van der Waals surface area (Å²) in [7, 11) is 5.01. The molecule has 0 bridgehead atoms. The molecule has 1 saturated heterocycles. The first-order valence-corrected chi connectivity index (χ1v) is 7.00. The number of hydrogen-bond acceptors (Lipinski definition) is 5. The Labute approximate surface area is 120 Å². The van der Waals surface area contributed by atoms with E-state index >= 15 is 0 Å². The van der Waals surface area contributed by atoms with E-state index in [-0.39, 0.29) is 0 Å². The van der Waals surface area contributed by atoms with Gasteiger partial charge in [-0.05, 0) is 19.5 Å². The molecule has 20 heavy (non-hydrogen) atoms. The molecule has 1 aliphatic heterocycles. The molecule has 0 aromatic heterocycles. The number of nitrogens with zero attached hydrogens (tertiary/aromatic N) is 1. The first-order valence-electron chi connectivity index (χ1n) is 7.00. The van der Waals surface area contributed by atoms with Crippen molar-refractivity contribution in [3.8, 4) is 17.2 Å². The van der Waals surface area contributed by atoms with Gasteiger partial charge in [-0.3, -0.25) is 4.90 Å². The summed E-state index contributed by atoms with van der Waals surface area (Å²) in [5, 5.41) is 3.41. The van der Waals surface area contributed by atoms with Crippen molar-refractivity contribution in [3.63, 3.8) is 0 Å². The summed E-state index contributed by atoms with van der Waals surface area (Å²) in [5.74, 6) is 2.39. The molecule has 0 saturated carbocycles. The van der Waals surface area contributed by atoms with Gasteiger partial charge in [0.1, 0.15) is 17.2 Å². The maximum absolute atomic E-state index is 5.50. The Bertz CT molecular complexity index is 404. The molecule has 112 valence electrons. The summed E-state index contributed by atoms with van der Waals surface area (Å²) >= 11 is 0. The van der Waals surface area contributed by atoms with E-state index in [9.17, 15) is 0 Å². The van der Waals surface area contributed by atoms with E-state index in [2.05, 4.69) is 10.2 Å². The zero-order chi connectivity index (χ0) is 14.4. The second kappa shape index (κ2) is 7.36. The minimum atomic E-state index is 0.750. The van der Waals surface area contributed by atoms with Crippen molar-refractivity contribution in [2.45, 2.75) is 13.0 Å². The lowest BCUT2D eigenvalue weighted by Gasteiger charge is -2.22. The fourth-order valence-corrected chi connectivity index (χ4v) is 2.52. The highest BCUT2D eigenvalue weighted by Crippen LogP contribution is 2.34. The van der Waals surface area contributed by atoms with Crippen LogP contribution in [0.1, 0.15) is 12.0 Å². The molecule has 1 heterocycles. The van der Waals surface area contributed by atoms with Gasteiger partial charge in [-0.2, -0.15) is 0 Å². The quantitative estimate of drug-likeness (QED) is 0.885. The standard InChI is InChI=1S/C15H24N2O3/c1-18-12-9-14(19-2)13(15(10-12)20-3)11-17-7-4-5-16-6-8-17/h9-10,16H,4-8,11H2,1-3H3. The topological polar surface area (TPSA) is 43.0 Å². The minimum Gasteiger partial charge on any atom is -0.496 e. The summed E-state index contributed by atoms with van der Waals surface area (Å²) in [5.41, 5.74) is 1.08. The highest BCUT2D eigenvalue weighted by molar-refractivity contribution is 5.50. The van der Waals surface area contributed by atoms with E-state index in [0.717, 1.165) is 55.5 Å². The van der Waals surface area contributed by atoms with Gasteiger partial charge in [-0.1, -0.05) is 0 Å². The van der Waals surface area contributed by atoms with E-state index in [1.54, 1.807) is 21.3 Å². The van der Waals surface area contributed by atoms with Gasteiger partial charge in [0.15, 0.2) is 0 Å². The van der Waals surface area contributed by atoms with Gasteiger partial charge < -0.3 is 19.5 Å². The van der Waals surface area contributed by atoms with E-state index < -0.39 is 0 Å². The van der Waals surface area contributed by atoms with E-state index in [0.29, 0.717) is 0 Å². The Balaban J connectivity index is 2.23. The highest BCUT2D eigenvalue weighted by Gasteiger charge is 2.17. The van der Waals surface area contributed by atoms with Gasteiger partial charge in [0.25, 0.3) is 0 Å². The second-order valence-corrected chi connectivity index (χ2v) is 4.89. The third kappa shape index (κ3) is 3.55. The van der Waals surface area contributed by atoms with Gasteiger partial charge in [-0.15, -0.1) is 0 Å². The lowest BCUT2D eigenvalue weighted by molar-refractivity contribution is 0.271. The Morgan fingerprint density at radius 2 is 1.70 bits per heavy atom. The summed E-state index contributed by atoms with van der Waals surface area (Å²) in [6.45, 7) is 5.08. The van der Waals surface area contributed by atoms with Crippen LogP contribution < -0.4 is 19.5 Å². The average Bonchev–Trinajstić information content (AvgIpc) is 2.76. The molecule has 0 unspecified atom stereocenters. The third-order valence-electron chi connectivity index (χ3n) is 3.63. The first-order chi connectivity index (χ1) is 9.78. The van der Waals surface area contributed by atoms with Crippen LogP contribution >= 0.6 is 0 Å². The monoisotopic (exact) mass is 280 g/mol. The Kier molecular flexibility index (Phi) is 5.49. The Hall–Kier alpha value is -1.46. The molecule has 0 spiro atoms. The number of methoxy groups -OCH3 is 3. The highest BCUT2D eigenvalue weighted by atomic mass is 16.5. The summed E-state index contributed by atoms with van der Waals surface area (Å²) in [6.07, 6.45) is 1.17. The Morgan fingerprint density at radius 1 is 1.00 bits per heavy atom. The molecular weight excluding hydrogens is 256 g/mol. The number of nitrogens with one attached hydrogen (secondary N) is 1. The molecule has 0 atom stereocenters. The number of ether oxygens (including phenoxy) is 3. The normalized spacial score (nSPS) is 16.6. The minimum absolute atomic E-state index is 0.750. The van der Waals surface area contributed by atoms with Crippen LogP contribution in [0.15, 0.2) is 12.1 Å². The molecule has 0 aliphatic carbocycles. The van der Waals surface area contributed by atoms with Crippen LogP contribution in [-0.2, 0) is 6.54 Å². The first kappa shape index (κ1) is 14.9. The molecule has 1 aromatic carbocycles. The maximum Gasteiger partial charge on any atom is 0.130 e. The average molecular weight is 280 g/mol. The van der Waals surface area contributed by atoms with Gasteiger partial charge in [0.2, 0.25) is 0 Å². The van der Waals surface area contributed by atoms with Crippen LogP contribution in [0.5, 0.6) is 17.2 Å². The van der Waals surface area contributed by atoms with E-state index in [1.165, 1.54) is 6.42 Å². The maximum atomic E-state index is 5.50. The summed E-state index contributed by atoms with van der Waals surface area (Å²) < 4.78 is 16.3. The van der Waals surface area contributed by atoms with Gasteiger partial charge in [0, 0.05) is 31.8 Å². The zero-order valence-corrected chi connectivity index (χ0v) is 12.6. The molecule has 1 fully saturated rings. The van der Waals surface area contributed by atoms with Crippen molar-refractivity contribution in [1.29, 1.82) is 0 Å². The molecule has 1 aliphatic rings. The van der Waals surface area contributed by atoms with Crippen molar-refractivity contribution < 1.29 is 14.2 Å². The van der Waals surface area contributed by atoms with Crippen molar-refractivity contribution in [1.82, 2.24) is 10.2 Å². The van der Waals surface area contributed by atoms with E-state index in [1.807, 2.05) is 12.1 Å². The molecule has 1 N–H and O–H groups in total. The fourth-order valence-electron chi connectivity index (χ4n) is 2.52. The Morgan fingerprint density at radius 3 is 2.30 bits per heavy atom. The van der Waals surface area contributed by atoms with Crippen molar-refractivity contribution in [3.05, 3.63) is 17.7 Å². The van der Waals surface area contributed by atoms with E-state index in [4.69, 9.17) is 14.2 Å². The summed E-state index contributed by atoms with van der Waals surface area (Å²) in [6, 6.07) is 3.82. The lowest BCUT2D eigenvalue weighted by Crippen LogP contribution is -2.28. The molecule has 0 radical (unpaired) electrons. The van der Waals surface area contributed by atoms with Crippen LogP contribution in [0, 0.1) is 0 Å². The molecular formula is C15H24N2O3. The number of hydrogen-bond donors (Lipinski definition) is 1. The smallest absolute Gasteiger partial charge is 0.130 e. The molecule has 0 amide bonds. The van der Waals surface area contributed by atoms with Crippen LogP contribution in [0.2, 0.25) is 0 Å². The number of benzene rings is 1. The van der Waals surface area contributed by atoms with Crippen molar-refractivity contribution >= 4 is 0 Å². The van der Waals surface area contributed by atoms with Crippen LogP contribution in [0.4, 0.5) is 0 Å². The van der Waals surface area contributed by atoms with Crippen LogP contribution in [-0.4, -0.2) is 52.4 Å². The van der Waals surface area contributed by atoms with Crippen molar-refractivity contribution in [2.75, 3.05) is 47.5 Å². The largest absolute Gasteiger partial charge is 0.496 e. The van der Waals surface area contributed by atoms with Gasteiger partial charge in [-0.25, -0.2) is 0 Å². The lowest BCUT2D eigenvalue weighted by atomic mass is 10.1. The second-order valence-electron chi connectivity index (χ2n) is 4.89. The zero-order valence-electron chi connectivity index (χ0n) is 12.6. The predicted octanol–water partition coefficient (Wildman–Crippen LogP) is 1.51. The molecule has 1 aromatic rings. The van der Waals surface area contributed by atoms with Gasteiger partial charge >= 0.3 is 0 Å². The molecule has 5 nitrogen and oxygen atoms in total. The third-order valence-corrected chi connectivity index (χ3v) is 3.63. The van der Waals surface area contributed by atoms with Crippen LogP contribution in [0.3, 0.4) is 0 Å². The molecule has 2 rings (SSSR count). The van der Waals surface area contributed by atoms with Crippen molar-refractivity contribution in [2.24, 2.45) is 0 Å². The van der Waals surface area contributed by atoms with Crippen LogP contribution in [0.25, 0.3) is 0 Å².